The average Bonchev–Trinajstić information content (AvgIpc) is 3.16. The number of aromatic nitrogens is 1. The molecule has 0 atom stereocenters. The number of hydrogen-bond donors (Lipinski definition) is 0. The fraction of sp³-hybridized carbons (Fsp3) is 0.389. The SMILES string of the molecule is O=C(CCC(=O)N1CCN(Cc2ccncc2)CC1)c1cccs1. The summed E-state index contributed by atoms with van der Waals surface area (Å²) in [5.74, 6) is 0.151. The number of piperazine rings is 1. The molecule has 0 saturated carbocycles. The molecule has 2 aromatic rings. The normalized spacial score (nSPS) is 15.4. The molecule has 126 valence electrons. The van der Waals surface area contributed by atoms with Gasteiger partial charge in [-0.3, -0.25) is 19.5 Å². The standard InChI is InChI=1S/C18H21N3O2S/c22-16(17-2-1-13-24-17)3-4-18(23)21-11-9-20(10-12-21)14-15-5-7-19-8-6-15/h1-2,5-8,13H,3-4,9-12,14H2. The summed E-state index contributed by atoms with van der Waals surface area (Å²) in [5.41, 5.74) is 1.24. The van der Waals surface area contributed by atoms with Crippen molar-refractivity contribution in [3.05, 3.63) is 52.5 Å². The highest BCUT2D eigenvalue weighted by atomic mass is 32.1. The smallest absolute Gasteiger partial charge is 0.223 e. The first-order chi connectivity index (χ1) is 11.7. The molecule has 3 rings (SSSR count). The molecule has 1 fully saturated rings. The van der Waals surface area contributed by atoms with Crippen LogP contribution < -0.4 is 0 Å². The van der Waals surface area contributed by atoms with Crippen molar-refractivity contribution >= 4 is 23.0 Å². The minimum atomic E-state index is 0.0645. The van der Waals surface area contributed by atoms with Crippen molar-refractivity contribution in [2.75, 3.05) is 26.2 Å². The lowest BCUT2D eigenvalue weighted by Gasteiger charge is -2.34. The van der Waals surface area contributed by atoms with E-state index in [0.29, 0.717) is 12.8 Å². The van der Waals surface area contributed by atoms with Gasteiger partial charge >= 0.3 is 0 Å². The van der Waals surface area contributed by atoms with E-state index in [1.165, 1.54) is 16.9 Å². The maximum Gasteiger partial charge on any atom is 0.223 e. The van der Waals surface area contributed by atoms with Crippen molar-refractivity contribution < 1.29 is 9.59 Å². The summed E-state index contributed by atoms with van der Waals surface area (Å²) >= 11 is 1.43. The number of amides is 1. The van der Waals surface area contributed by atoms with Gasteiger partial charge in [-0.05, 0) is 29.1 Å². The molecule has 1 saturated heterocycles. The third-order valence-corrected chi connectivity index (χ3v) is 5.15. The summed E-state index contributed by atoms with van der Waals surface area (Å²) < 4.78 is 0. The topological polar surface area (TPSA) is 53.5 Å². The highest BCUT2D eigenvalue weighted by molar-refractivity contribution is 7.12. The Balaban J connectivity index is 1.41. The van der Waals surface area contributed by atoms with Crippen molar-refractivity contribution in [3.63, 3.8) is 0 Å². The summed E-state index contributed by atoms with van der Waals surface area (Å²) in [6, 6.07) is 7.72. The Morgan fingerprint density at radius 2 is 1.79 bits per heavy atom. The highest BCUT2D eigenvalue weighted by Crippen LogP contribution is 2.14. The maximum atomic E-state index is 12.3. The van der Waals surface area contributed by atoms with Crippen LogP contribution in [0.25, 0.3) is 0 Å². The van der Waals surface area contributed by atoms with Crippen molar-refractivity contribution in [3.8, 4) is 0 Å². The van der Waals surface area contributed by atoms with Gasteiger partial charge in [-0.25, -0.2) is 0 Å². The number of carbonyl (C=O) groups excluding carboxylic acids is 2. The number of thiophene rings is 1. The lowest BCUT2D eigenvalue weighted by molar-refractivity contribution is -0.132. The van der Waals surface area contributed by atoms with Gasteiger partial charge in [-0.1, -0.05) is 6.07 Å². The van der Waals surface area contributed by atoms with Crippen molar-refractivity contribution in [2.45, 2.75) is 19.4 Å². The second-order valence-electron chi connectivity index (χ2n) is 5.91. The summed E-state index contributed by atoms with van der Waals surface area (Å²) in [6.45, 7) is 4.09. The van der Waals surface area contributed by atoms with Gasteiger partial charge in [0, 0.05) is 58.0 Å². The van der Waals surface area contributed by atoms with Crippen LogP contribution in [0.5, 0.6) is 0 Å². The number of carbonyl (C=O) groups is 2. The molecule has 1 amide bonds. The molecule has 0 unspecified atom stereocenters. The molecule has 0 aromatic carbocycles. The van der Waals surface area contributed by atoms with Gasteiger partial charge < -0.3 is 4.90 Å². The highest BCUT2D eigenvalue weighted by Gasteiger charge is 2.21. The predicted octanol–water partition coefficient (Wildman–Crippen LogP) is 2.45. The summed E-state index contributed by atoms with van der Waals surface area (Å²) in [5, 5.41) is 1.89. The van der Waals surface area contributed by atoms with E-state index in [0.717, 1.165) is 37.6 Å². The Morgan fingerprint density at radius 3 is 2.46 bits per heavy atom. The van der Waals surface area contributed by atoms with Crippen molar-refractivity contribution in [1.29, 1.82) is 0 Å². The molecular formula is C18H21N3O2S. The first-order valence-corrected chi connectivity index (χ1v) is 9.06. The molecule has 6 heteroatoms. The van der Waals surface area contributed by atoms with Crippen LogP contribution >= 0.6 is 11.3 Å². The number of Topliss-reactive ketones (excluding diaryl/α,β-unsaturated/α-hetero) is 1. The van der Waals surface area contributed by atoms with E-state index in [1.54, 1.807) is 12.4 Å². The quantitative estimate of drug-likeness (QED) is 0.756. The van der Waals surface area contributed by atoms with E-state index < -0.39 is 0 Å². The maximum absolute atomic E-state index is 12.3. The second-order valence-corrected chi connectivity index (χ2v) is 6.86. The van der Waals surface area contributed by atoms with Crippen LogP contribution in [0.15, 0.2) is 42.0 Å². The molecular weight excluding hydrogens is 322 g/mol. The van der Waals surface area contributed by atoms with Crippen LogP contribution in [0.4, 0.5) is 0 Å². The Morgan fingerprint density at radius 1 is 1.04 bits per heavy atom. The van der Waals surface area contributed by atoms with Gasteiger partial charge in [-0.15, -0.1) is 11.3 Å². The van der Waals surface area contributed by atoms with Gasteiger partial charge in [0.05, 0.1) is 4.88 Å². The molecule has 1 aliphatic rings. The fourth-order valence-corrected chi connectivity index (χ4v) is 3.54. The Labute approximate surface area is 145 Å². The number of nitrogens with zero attached hydrogens (tertiary/aromatic N) is 3. The fourth-order valence-electron chi connectivity index (χ4n) is 2.84. The van der Waals surface area contributed by atoms with Crippen LogP contribution in [0, 0.1) is 0 Å². The lowest BCUT2D eigenvalue weighted by Crippen LogP contribution is -2.48. The van der Waals surface area contributed by atoms with Gasteiger partial charge in [0.1, 0.15) is 0 Å². The molecule has 0 radical (unpaired) electrons. The van der Waals surface area contributed by atoms with Crippen LogP contribution in [0.1, 0.15) is 28.1 Å². The molecule has 24 heavy (non-hydrogen) atoms. The van der Waals surface area contributed by atoms with Gasteiger partial charge in [0.25, 0.3) is 0 Å². The Kier molecular flexibility index (Phi) is 5.72. The third kappa shape index (κ3) is 4.49. The monoisotopic (exact) mass is 343 g/mol. The number of hydrogen-bond acceptors (Lipinski definition) is 5. The van der Waals surface area contributed by atoms with E-state index in [4.69, 9.17) is 0 Å². The summed E-state index contributed by atoms with van der Waals surface area (Å²) in [7, 11) is 0. The molecule has 0 aliphatic carbocycles. The van der Waals surface area contributed by atoms with Gasteiger partial charge in [-0.2, -0.15) is 0 Å². The molecule has 1 aliphatic heterocycles. The minimum Gasteiger partial charge on any atom is -0.340 e. The minimum absolute atomic E-state index is 0.0645. The molecule has 0 N–H and O–H groups in total. The van der Waals surface area contributed by atoms with E-state index in [9.17, 15) is 9.59 Å². The summed E-state index contributed by atoms with van der Waals surface area (Å²) in [4.78, 5) is 33.3. The molecule has 2 aromatic heterocycles. The Hall–Kier alpha value is -2.05. The number of ketones is 1. The molecule has 3 heterocycles. The van der Waals surface area contributed by atoms with E-state index in [1.807, 2.05) is 34.5 Å². The van der Waals surface area contributed by atoms with Crippen LogP contribution in [-0.2, 0) is 11.3 Å². The van der Waals surface area contributed by atoms with Gasteiger partial charge in [0.2, 0.25) is 5.91 Å². The number of pyridine rings is 1. The van der Waals surface area contributed by atoms with E-state index in [2.05, 4.69) is 9.88 Å². The number of rotatable bonds is 6. The first-order valence-electron chi connectivity index (χ1n) is 8.18. The van der Waals surface area contributed by atoms with Gasteiger partial charge in [0.15, 0.2) is 5.78 Å². The average molecular weight is 343 g/mol. The first kappa shape index (κ1) is 16.8. The van der Waals surface area contributed by atoms with Crippen LogP contribution in [-0.4, -0.2) is 52.7 Å². The predicted molar refractivity (Wildman–Crippen MR) is 94.0 cm³/mol. The Bertz CT molecular complexity index is 665. The lowest BCUT2D eigenvalue weighted by atomic mass is 10.1. The zero-order valence-corrected chi connectivity index (χ0v) is 14.4. The molecule has 0 spiro atoms. The van der Waals surface area contributed by atoms with Crippen LogP contribution in [0.3, 0.4) is 0 Å². The zero-order chi connectivity index (χ0) is 16.8. The zero-order valence-electron chi connectivity index (χ0n) is 13.6. The molecule has 5 nitrogen and oxygen atoms in total. The second kappa shape index (κ2) is 8.17. The van der Waals surface area contributed by atoms with Crippen molar-refractivity contribution in [1.82, 2.24) is 14.8 Å². The molecule has 0 bridgehead atoms. The third-order valence-electron chi connectivity index (χ3n) is 4.24. The summed E-state index contributed by atoms with van der Waals surface area (Å²) in [6.07, 6.45) is 4.22. The van der Waals surface area contributed by atoms with E-state index in [-0.39, 0.29) is 11.7 Å². The van der Waals surface area contributed by atoms with Crippen LogP contribution in [0.2, 0.25) is 0 Å². The van der Waals surface area contributed by atoms with Crippen molar-refractivity contribution in [2.24, 2.45) is 0 Å². The largest absolute Gasteiger partial charge is 0.340 e. The van der Waals surface area contributed by atoms with E-state index >= 15 is 0 Å².